The van der Waals surface area contributed by atoms with Crippen molar-refractivity contribution in [2.75, 3.05) is 5.32 Å². The first-order valence-electron chi connectivity index (χ1n) is 9.41. The molecular weight excluding hydrogens is 397 g/mol. The van der Waals surface area contributed by atoms with Crippen LogP contribution >= 0.6 is 0 Å². The van der Waals surface area contributed by atoms with Crippen molar-refractivity contribution >= 4 is 29.2 Å². The van der Waals surface area contributed by atoms with Gasteiger partial charge >= 0.3 is 0 Å². The van der Waals surface area contributed by atoms with Gasteiger partial charge in [0.25, 0.3) is 11.9 Å². The molecular formula is C23H18FN5O2. The summed E-state index contributed by atoms with van der Waals surface area (Å²) in [7, 11) is 0. The summed E-state index contributed by atoms with van der Waals surface area (Å²) >= 11 is 0. The Labute approximate surface area is 177 Å². The van der Waals surface area contributed by atoms with Crippen molar-refractivity contribution in [2.45, 2.75) is 6.17 Å². The summed E-state index contributed by atoms with van der Waals surface area (Å²) in [6.45, 7) is 0. The fourth-order valence-electron chi connectivity index (χ4n) is 3.11. The molecule has 4 N–H and O–H groups in total. The predicted molar refractivity (Wildman–Crippen MR) is 117 cm³/mol. The van der Waals surface area contributed by atoms with Gasteiger partial charge in [0.05, 0.1) is 17.0 Å². The first-order valence-corrected chi connectivity index (χ1v) is 9.41. The number of carbonyl (C=O) groups excluding carboxylic acids is 1. The third-order valence-corrected chi connectivity index (χ3v) is 4.55. The maximum Gasteiger partial charge on any atom is 0.291 e. The molecule has 3 aromatic carbocycles. The Bertz CT molecular complexity index is 1210. The smallest absolute Gasteiger partial charge is 0.291 e. The molecule has 31 heavy (non-hydrogen) atoms. The van der Waals surface area contributed by atoms with E-state index in [1.807, 2.05) is 42.5 Å². The first kappa shape index (κ1) is 20.0. The van der Waals surface area contributed by atoms with Crippen LogP contribution in [-0.2, 0) is 9.53 Å². The average Bonchev–Trinajstić information content (AvgIpc) is 2.91. The minimum absolute atomic E-state index is 0.0770. The number of amides is 1. The lowest BCUT2D eigenvalue weighted by atomic mass is 10.0. The van der Waals surface area contributed by atoms with Crippen LogP contribution < -0.4 is 11.1 Å². The van der Waals surface area contributed by atoms with Gasteiger partial charge in [-0.3, -0.25) is 10.2 Å². The maximum atomic E-state index is 13.9. The number of nitrogens with zero attached hydrogens (tertiary/aromatic N) is 2. The molecule has 1 aliphatic heterocycles. The number of ether oxygens (including phenoxy) is 1. The van der Waals surface area contributed by atoms with Gasteiger partial charge in [-0.25, -0.2) is 9.38 Å². The minimum Gasteiger partial charge on any atom is -0.407 e. The van der Waals surface area contributed by atoms with Gasteiger partial charge in [-0.15, -0.1) is 0 Å². The van der Waals surface area contributed by atoms with E-state index in [9.17, 15) is 9.18 Å². The fourth-order valence-corrected chi connectivity index (χ4v) is 3.11. The van der Waals surface area contributed by atoms with Crippen LogP contribution in [0.4, 0.5) is 10.1 Å². The highest BCUT2D eigenvalue weighted by atomic mass is 19.1. The van der Waals surface area contributed by atoms with Crippen molar-refractivity contribution in [1.29, 1.82) is 5.41 Å². The molecule has 7 nitrogen and oxygen atoms in total. The highest BCUT2D eigenvalue weighted by molar-refractivity contribution is 6.19. The quantitative estimate of drug-likeness (QED) is 0.451. The van der Waals surface area contributed by atoms with E-state index >= 15 is 0 Å². The second kappa shape index (κ2) is 8.58. The molecule has 0 spiro atoms. The third kappa shape index (κ3) is 4.32. The number of aliphatic imine (C=N–C) groups is 2. The zero-order valence-corrected chi connectivity index (χ0v) is 16.2. The number of carbonyl (C=O) groups is 1. The summed E-state index contributed by atoms with van der Waals surface area (Å²) in [5.41, 5.74) is 8.41. The van der Waals surface area contributed by atoms with E-state index in [1.54, 1.807) is 18.2 Å². The van der Waals surface area contributed by atoms with E-state index in [2.05, 4.69) is 15.3 Å². The van der Waals surface area contributed by atoms with Crippen LogP contribution in [-0.4, -0.2) is 29.7 Å². The molecule has 3 aromatic rings. The van der Waals surface area contributed by atoms with Crippen LogP contribution in [0.3, 0.4) is 0 Å². The topological polar surface area (TPSA) is 113 Å². The zero-order chi connectivity index (χ0) is 21.8. The standard InChI is InChI=1S/C23H18FN5O2/c24-17-12-6-4-10-15(17)20(25)31-23(26)29-21-22(30)27-18-13-7-5-11-16(18)19(28-21)14-8-2-1-3-9-14/h1-13,21,25H,(H2,26,29)(H,27,30). The number of nitrogens with one attached hydrogen (secondary N) is 2. The number of anilines is 1. The summed E-state index contributed by atoms with van der Waals surface area (Å²) in [5.74, 6) is -1.67. The van der Waals surface area contributed by atoms with Gasteiger partial charge in [0.2, 0.25) is 12.1 Å². The van der Waals surface area contributed by atoms with Crippen molar-refractivity contribution in [3.8, 4) is 0 Å². The lowest BCUT2D eigenvalue weighted by Crippen LogP contribution is -2.29. The largest absolute Gasteiger partial charge is 0.407 e. The van der Waals surface area contributed by atoms with Crippen LogP contribution in [0.1, 0.15) is 16.7 Å². The normalized spacial score (nSPS) is 15.9. The molecule has 0 radical (unpaired) electrons. The predicted octanol–water partition coefficient (Wildman–Crippen LogP) is 3.30. The van der Waals surface area contributed by atoms with Crippen molar-refractivity contribution in [1.82, 2.24) is 0 Å². The third-order valence-electron chi connectivity index (χ3n) is 4.55. The molecule has 0 aliphatic carbocycles. The van der Waals surface area contributed by atoms with Crippen molar-refractivity contribution in [3.05, 3.63) is 101 Å². The Morgan fingerprint density at radius 2 is 1.71 bits per heavy atom. The minimum atomic E-state index is -1.25. The number of para-hydroxylation sites is 1. The molecule has 1 atom stereocenters. The molecule has 0 saturated carbocycles. The number of halogens is 1. The van der Waals surface area contributed by atoms with Gasteiger partial charge < -0.3 is 15.8 Å². The highest BCUT2D eigenvalue weighted by Gasteiger charge is 2.26. The van der Waals surface area contributed by atoms with Crippen LogP contribution in [0.5, 0.6) is 0 Å². The fraction of sp³-hybridized carbons (Fsp3) is 0.0435. The lowest BCUT2D eigenvalue weighted by molar-refractivity contribution is -0.117. The number of fused-ring (bicyclic) bond motifs is 1. The molecule has 8 heteroatoms. The SMILES string of the molecule is N=C(O/C(N)=N/C1N=C(c2ccccc2)c2ccccc2NC1=O)c1ccccc1F. The number of benzene rings is 3. The summed E-state index contributed by atoms with van der Waals surface area (Å²) in [4.78, 5) is 21.3. The highest BCUT2D eigenvalue weighted by Crippen LogP contribution is 2.24. The Kier molecular flexibility index (Phi) is 5.53. The molecule has 4 rings (SSSR count). The molecule has 1 heterocycles. The lowest BCUT2D eigenvalue weighted by Gasteiger charge is -2.10. The Balaban J connectivity index is 1.68. The van der Waals surface area contributed by atoms with Crippen molar-refractivity contribution < 1.29 is 13.9 Å². The maximum absolute atomic E-state index is 13.9. The van der Waals surface area contributed by atoms with Gasteiger partial charge in [-0.1, -0.05) is 60.7 Å². The van der Waals surface area contributed by atoms with E-state index in [0.717, 1.165) is 11.1 Å². The monoisotopic (exact) mass is 415 g/mol. The molecule has 1 unspecified atom stereocenters. The van der Waals surface area contributed by atoms with Crippen LogP contribution in [0.15, 0.2) is 88.8 Å². The average molecular weight is 415 g/mol. The molecule has 0 aromatic heterocycles. The molecule has 1 amide bonds. The van der Waals surface area contributed by atoms with Gasteiger partial charge in [-0.05, 0) is 18.2 Å². The van der Waals surface area contributed by atoms with Gasteiger partial charge in [0.1, 0.15) is 5.82 Å². The van der Waals surface area contributed by atoms with Crippen LogP contribution in [0.2, 0.25) is 0 Å². The van der Waals surface area contributed by atoms with Gasteiger partial charge in [0.15, 0.2) is 0 Å². The van der Waals surface area contributed by atoms with E-state index < -0.39 is 29.8 Å². The van der Waals surface area contributed by atoms with E-state index in [1.165, 1.54) is 18.2 Å². The summed E-state index contributed by atoms with van der Waals surface area (Å²) in [6, 6.07) is 21.8. The number of hydrogen-bond acceptors (Lipinski definition) is 5. The second-order valence-corrected chi connectivity index (χ2v) is 6.63. The summed E-state index contributed by atoms with van der Waals surface area (Å²) in [5, 5.41) is 10.7. The van der Waals surface area contributed by atoms with Gasteiger partial charge in [-0.2, -0.15) is 4.99 Å². The number of benzodiazepines with no additional fused rings is 1. The number of hydrogen-bond donors (Lipinski definition) is 3. The summed E-state index contributed by atoms with van der Waals surface area (Å²) in [6.07, 6.45) is -1.25. The van der Waals surface area contributed by atoms with E-state index in [0.29, 0.717) is 11.4 Å². The number of rotatable bonds is 3. The summed E-state index contributed by atoms with van der Waals surface area (Å²) < 4.78 is 19.0. The number of amidine groups is 1. The molecule has 154 valence electrons. The second-order valence-electron chi connectivity index (χ2n) is 6.63. The van der Waals surface area contributed by atoms with E-state index in [-0.39, 0.29) is 5.56 Å². The Morgan fingerprint density at radius 1 is 1.03 bits per heavy atom. The van der Waals surface area contributed by atoms with Crippen molar-refractivity contribution in [2.24, 2.45) is 15.7 Å². The molecule has 1 aliphatic rings. The van der Waals surface area contributed by atoms with Crippen molar-refractivity contribution in [3.63, 3.8) is 0 Å². The molecule has 0 bridgehead atoms. The number of nitrogens with two attached hydrogens (primary N) is 1. The van der Waals surface area contributed by atoms with Crippen LogP contribution in [0, 0.1) is 11.2 Å². The molecule has 0 fully saturated rings. The zero-order valence-electron chi connectivity index (χ0n) is 16.2. The van der Waals surface area contributed by atoms with Crippen LogP contribution in [0.25, 0.3) is 0 Å². The molecule has 0 saturated heterocycles. The first-order chi connectivity index (χ1) is 15.0. The van der Waals surface area contributed by atoms with Gasteiger partial charge in [0, 0.05) is 11.1 Å². The Morgan fingerprint density at radius 3 is 2.48 bits per heavy atom. The Hall–Kier alpha value is -4.33. The van der Waals surface area contributed by atoms with E-state index in [4.69, 9.17) is 15.9 Å².